The Hall–Kier alpha value is -1.23. The van der Waals surface area contributed by atoms with Gasteiger partial charge in [-0.1, -0.05) is 11.6 Å². The molecule has 88 valence electrons. The van der Waals surface area contributed by atoms with Crippen molar-refractivity contribution in [2.45, 2.75) is 19.1 Å². The Kier molecular flexibility index (Phi) is 3.48. The highest BCUT2D eigenvalue weighted by Crippen LogP contribution is 2.15. The molecule has 0 amide bonds. The number of halogens is 1. The SMILES string of the molecule is Cc1ccc(F)c(C(=O)C(C)S(C)(=O)=O)c1. The number of Topliss-reactive ketones (excluding diaryl/α,β-unsaturated/α-hetero) is 1. The van der Waals surface area contributed by atoms with Gasteiger partial charge in [0, 0.05) is 6.26 Å². The van der Waals surface area contributed by atoms with Crippen molar-refractivity contribution in [3.05, 3.63) is 35.1 Å². The van der Waals surface area contributed by atoms with Crippen molar-refractivity contribution in [1.82, 2.24) is 0 Å². The summed E-state index contributed by atoms with van der Waals surface area (Å²) in [7, 11) is -3.50. The minimum atomic E-state index is -3.50. The van der Waals surface area contributed by atoms with Crippen LogP contribution in [-0.2, 0) is 9.84 Å². The summed E-state index contributed by atoms with van der Waals surface area (Å²) in [5, 5.41) is -1.22. The number of rotatable bonds is 3. The van der Waals surface area contributed by atoms with E-state index in [0.717, 1.165) is 12.3 Å². The molecule has 0 aliphatic rings. The van der Waals surface area contributed by atoms with Gasteiger partial charge in [-0.05, 0) is 26.0 Å². The molecule has 1 rings (SSSR count). The van der Waals surface area contributed by atoms with Crippen LogP contribution in [0.4, 0.5) is 4.39 Å². The number of carbonyl (C=O) groups is 1. The molecular formula is C11H13FO3S. The second-order valence-corrected chi connectivity index (χ2v) is 6.19. The molecule has 0 saturated heterocycles. The van der Waals surface area contributed by atoms with Crippen LogP contribution in [0, 0.1) is 12.7 Å². The highest BCUT2D eigenvalue weighted by molar-refractivity contribution is 7.92. The Bertz CT molecular complexity index is 520. The first-order chi connectivity index (χ1) is 7.23. The van der Waals surface area contributed by atoms with Gasteiger partial charge in [-0.25, -0.2) is 12.8 Å². The molecule has 3 nitrogen and oxygen atoms in total. The van der Waals surface area contributed by atoms with Crippen LogP contribution in [0.5, 0.6) is 0 Å². The molecule has 0 heterocycles. The van der Waals surface area contributed by atoms with E-state index in [0.29, 0.717) is 5.56 Å². The molecule has 0 N–H and O–H groups in total. The van der Waals surface area contributed by atoms with Gasteiger partial charge in [0.15, 0.2) is 15.6 Å². The third kappa shape index (κ3) is 2.66. The average Bonchev–Trinajstić information content (AvgIpc) is 2.18. The molecule has 0 spiro atoms. The van der Waals surface area contributed by atoms with E-state index in [-0.39, 0.29) is 5.56 Å². The maximum atomic E-state index is 13.4. The van der Waals surface area contributed by atoms with Crippen molar-refractivity contribution in [2.75, 3.05) is 6.26 Å². The molecule has 0 aliphatic carbocycles. The standard InChI is InChI=1S/C11H13FO3S/c1-7-4-5-10(12)9(6-7)11(13)8(2)16(3,14)15/h4-6,8H,1-3H3. The molecule has 0 aromatic heterocycles. The van der Waals surface area contributed by atoms with E-state index < -0.39 is 26.7 Å². The Morgan fingerprint density at radius 3 is 2.44 bits per heavy atom. The minimum absolute atomic E-state index is 0.169. The lowest BCUT2D eigenvalue weighted by molar-refractivity contribution is 0.0987. The van der Waals surface area contributed by atoms with Gasteiger partial charge < -0.3 is 0 Å². The topological polar surface area (TPSA) is 51.2 Å². The van der Waals surface area contributed by atoms with Crippen molar-refractivity contribution in [3.8, 4) is 0 Å². The van der Waals surface area contributed by atoms with Crippen molar-refractivity contribution in [1.29, 1.82) is 0 Å². The molecule has 1 aromatic rings. The van der Waals surface area contributed by atoms with Gasteiger partial charge in [0.05, 0.1) is 5.56 Å². The predicted octanol–water partition coefficient (Wildman–Crippen LogP) is 1.75. The van der Waals surface area contributed by atoms with Gasteiger partial charge in [0.2, 0.25) is 0 Å². The van der Waals surface area contributed by atoms with Crippen LogP contribution >= 0.6 is 0 Å². The molecule has 0 bridgehead atoms. The maximum absolute atomic E-state index is 13.4. The number of hydrogen-bond donors (Lipinski definition) is 0. The summed E-state index contributed by atoms with van der Waals surface area (Å²) in [6, 6.07) is 4.05. The van der Waals surface area contributed by atoms with E-state index in [1.54, 1.807) is 6.92 Å². The molecule has 16 heavy (non-hydrogen) atoms. The number of aryl methyl sites for hydroxylation is 1. The van der Waals surface area contributed by atoms with E-state index in [2.05, 4.69) is 0 Å². The fourth-order valence-corrected chi connectivity index (χ4v) is 1.76. The van der Waals surface area contributed by atoms with E-state index in [9.17, 15) is 17.6 Å². The first kappa shape index (κ1) is 12.8. The van der Waals surface area contributed by atoms with Gasteiger partial charge in [-0.3, -0.25) is 4.79 Å². The highest BCUT2D eigenvalue weighted by atomic mass is 32.2. The fraction of sp³-hybridized carbons (Fsp3) is 0.364. The van der Waals surface area contributed by atoms with E-state index in [1.807, 2.05) is 0 Å². The maximum Gasteiger partial charge on any atom is 0.183 e. The Balaban J connectivity index is 3.20. The fourth-order valence-electron chi connectivity index (χ4n) is 1.24. The van der Waals surface area contributed by atoms with E-state index in [4.69, 9.17) is 0 Å². The van der Waals surface area contributed by atoms with Gasteiger partial charge in [0.25, 0.3) is 0 Å². The van der Waals surface area contributed by atoms with E-state index in [1.165, 1.54) is 19.1 Å². The van der Waals surface area contributed by atoms with Crippen LogP contribution in [0.3, 0.4) is 0 Å². The predicted molar refractivity (Wildman–Crippen MR) is 59.8 cm³/mol. The monoisotopic (exact) mass is 244 g/mol. The number of benzene rings is 1. The van der Waals surface area contributed by atoms with Gasteiger partial charge in [-0.2, -0.15) is 0 Å². The molecule has 1 unspecified atom stereocenters. The molecule has 0 radical (unpaired) electrons. The van der Waals surface area contributed by atoms with E-state index >= 15 is 0 Å². The Morgan fingerprint density at radius 2 is 1.94 bits per heavy atom. The first-order valence-electron chi connectivity index (χ1n) is 4.72. The molecular weight excluding hydrogens is 231 g/mol. The lowest BCUT2D eigenvalue weighted by Crippen LogP contribution is -2.27. The Morgan fingerprint density at radius 1 is 1.38 bits per heavy atom. The Labute approximate surface area is 94.2 Å². The smallest absolute Gasteiger partial charge is 0.183 e. The number of carbonyl (C=O) groups excluding carboxylic acids is 1. The number of ketones is 1. The molecule has 0 saturated carbocycles. The van der Waals surface area contributed by atoms with Crippen LogP contribution in [0.2, 0.25) is 0 Å². The number of hydrogen-bond acceptors (Lipinski definition) is 3. The lowest BCUT2D eigenvalue weighted by Gasteiger charge is -2.09. The molecule has 1 aromatic carbocycles. The summed E-state index contributed by atoms with van der Waals surface area (Å²) in [5.74, 6) is -1.39. The number of sulfone groups is 1. The van der Waals surface area contributed by atoms with Crippen LogP contribution in [0.1, 0.15) is 22.8 Å². The van der Waals surface area contributed by atoms with Crippen molar-refractivity contribution in [2.24, 2.45) is 0 Å². The second kappa shape index (κ2) is 4.33. The first-order valence-corrected chi connectivity index (χ1v) is 6.68. The largest absolute Gasteiger partial charge is 0.293 e. The third-order valence-corrected chi connectivity index (χ3v) is 3.90. The average molecular weight is 244 g/mol. The zero-order valence-electron chi connectivity index (χ0n) is 9.32. The highest BCUT2D eigenvalue weighted by Gasteiger charge is 2.26. The summed E-state index contributed by atoms with van der Waals surface area (Å²) < 4.78 is 35.8. The van der Waals surface area contributed by atoms with Gasteiger partial charge >= 0.3 is 0 Å². The van der Waals surface area contributed by atoms with Crippen molar-refractivity contribution < 1.29 is 17.6 Å². The summed E-state index contributed by atoms with van der Waals surface area (Å²) in [6.07, 6.45) is 0.962. The zero-order chi connectivity index (χ0) is 12.5. The second-order valence-electron chi connectivity index (χ2n) is 3.82. The zero-order valence-corrected chi connectivity index (χ0v) is 10.1. The quantitative estimate of drug-likeness (QED) is 0.761. The lowest BCUT2D eigenvalue weighted by atomic mass is 10.1. The minimum Gasteiger partial charge on any atom is -0.293 e. The normalized spacial score (nSPS) is 13.5. The van der Waals surface area contributed by atoms with Crippen LogP contribution in [-0.4, -0.2) is 25.7 Å². The summed E-state index contributed by atoms with van der Waals surface area (Å²) in [4.78, 5) is 11.7. The van der Waals surface area contributed by atoms with Gasteiger partial charge in [-0.15, -0.1) is 0 Å². The van der Waals surface area contributed by atoms with Gasteiger partial charge in [0.1, 0.15) is 11.1 Å². The third-order valence-electron chi connectivity index (χ3n) is 2.40. The van der Waals surface area contributed by atoms with Crippen LogP contribution in [0.15, 0.2) is 18.2 Å². The summed E-state index contributed by atoms with van der Waals surface area (Å²) >= 11 is 0. The summed E-state index contributed by atoms with van der Waals surface area (Å²) in [5.41, 5.74) is 0.545. The molecule has 5 heteroatoms. The van der Waals surface area contributed by atoms with Crippen LogP contribution < -0.4 is 0 Å². The summed E-state index contributed by atoms with van der Waals surface area (Å²) in [6.45, 7) is 2.97. The molecule has 0 aliphatic heterocycles. The van der Waals surface area contributed by atoms with Crippen molar-refractivity contribution in [3.63, 3.8) is 0 Å². The van der Waals surface area contributed by atoms with Crippen molar-refractivity contribution >= 4 is 15.6 Å². The molecule has 0 fully saturated rings. The van der Waals surface area contributed by atoms with Crippen LogP contribution in [0.25, 0.3) is 0 Å². The molecule has 1 atom stereocenters.